The highest BCUT2D eigenvalue weighted by Gasteiger charge is 2.38. The molecule has 0 saturated carbocycles. The highest BCUT2D eigenvalue weighted by Crippen LogP contribution is 2.34. The first-order chi connectivity index (χ1) is 13.1. The fourth-order valence-electron chi connectivity index (χ4n) is 1.73. The zero-order valence-electron chi connectivity index (χ0n) is 14.4. The van der Waals surface area contributed by atoms with Gasteiger partial charge < -0.3 is 10.6 Å². The van der Waals surface area contributed by atoms with Crippen molar-refractivity contribution < 1.29 is 35.1 Å². The lowest BCUT2D eigenvalue weighted by Gasteiger charge is -2.20. The Hall–Kier alpha value is -2.01. The van der Waals surface area contributed by atoms with Crippen molar-refractivity contribution >= 4 is 34.5 Å². The normalized spacial score (nSPS) is 15.1. The quantitative estimate of drug-likeness (QED) is 0.321. The van der Waals surface area contributed by atoms with Crippen molar-refractivity contribution in [3.05, 3.63) is 18.0 Å². The summed E-state index contributed by atoms with van der Waals surface area (Å²) < 4.78 is 101. The first-order valence-corrected chi connectivity index (χ1v) is 8.71. The van der Waals surface area contributed by atoms with Gasteiger partial charge in [0.1, 0.15) is 17.8 Å². The average molecular weight is 545 g/mol. The molecule has 0 amide bonds. The second kappa shape index (κ2) is 8.02. The van der Waals surface area contributed by atoms with E-state index in [1.165, 1.54) is 0 Å². The summed E-state index contributed by atoms with van der Waals surface area (Å²) in [6.45, 7) is 1.47. The van der Waals surface area contributed by atoms with E-state index in [4.69, 9.17) is 0 Å². The van der Waals surface area contributed by atoms with E-state index in [0.29, 0.717) is 4.68 Å². The van der Waals surface area contributed by atoms with Crippen molar-refractivity contribution in [2.75, 3.05) is 10.6 Å². The maximum absolute atomic E-state index is 13.3. The van der Waals surface area contributed by atoms with Gasteiger partial charge in [0.25, 0.3) is 5.95 Å². The van der Waals surface area contributed by atoms with Gasteiger partial charge in [-0.1, -0.05) is 0 Å². The predicted octanol–water partition coefficient (Wildman–Crippen LogP) is 4.27. The van der Waals surface area contributed by atoms with Crippen LogP contribution in [0.15, 0.2) is 12.3 Å². The van der Waals surface area contributed by atoms with Gasteiger partial charge in [-0.25, -0.2) is 4.68 Å². The molecule has 0 aliphatic heterocycles. The van der Waals surface area contributed by atoms with Crippen LogP contribution in [-0.4, -0.2) is 49.2 Å². The molecule has 2 heterocycles. The number of hydrogen-bond donors (Lipinski definition) is 2. The molecule has 16 heteroatoms. The van der Waals surface area contributed by atoms with E-state index in [1.54, 1.807) is 0 Å². The largest absolute Gasteiger partial charge is 0.408 e. The number of alkyl halides is 9. The molecule has 2 N–H and O–H groups in total. The molecule has 0 spiro atoms. The van der Waals surface area contributed by atoms with Gasteiger partial charge in [-0.05, 0) is 19.9 Å². The number of nitrogens with zero attached hydrogens (tertiary/aromatic N) is 5. The van der Waals surface area contributed by atoms with E-state index in [2.05, 4.69) is 20.1 Å². The van der Waals surface area contributed by atoms with Gasteiger partial charge in [-0.3, -0.25) is 0 Å². The average Bonchev–Trinajstić information content (AvgIpc) is 3.03. The lowest BCUT2D eigenvalue weighted by Crippen LogP contribution is -2.35. The van der Waals surface area contributed by atoms with Gasteiger partial charge in [0.2, 0.25) is 11.9 Å². The summed E-state index contributed by atoms with van der Waals surface area (Å²) in [5.41, 5.74) is -0.713. The Morgan fingerprint density at radius 3 is 1.66 bits per heavy atom. The summed E-state index contributed by atoms with van der Waals surface area (Å²) in [6.07, 6.45) is -8.44. The van der Waals surface area contributed by atoms with Crippen LogP contribution in [0.3, 0.4) is 0 Å². The van der Waals surface area contributed by atoms with Gasteiger partial charge in [0, 0.05) is 28.8 Å². The van der Waals surface area contributed by atoms with Crippen LogP contribution in [0.25, 0.3) is 5.95 Å². The molecule has 0 aliphatic rings. The first kappa shape index (κ1) is 23.3. The molecule has 0 fully saturated rings. The van der Waals surface area contributed by atoms with E-state index < -0.39 is 51.9 Å². The number of aromatic nitrogens is 5. The Balaban J connectivity index is 2.45. The van der Waals surface area contributed by atoms with Crippen molar-refractivity contribution in [2.45, 2.75) is 42.2 Å². The van der Waals surface area contributed by atoms with Gasteiger partial charge in [-0.15, -0.1) is 0 Å². The summed E-state index contributed by atoms with van der Waals surface area (Å²) in [5, 5.41) is 7.26. The molecular weight excluding hydrogens is 533 g/mol. The van der Waals surface area contributed by atoms with Crippen LogP contribution in [0.2, 0.25) is 0 Å². The Kier molecular flexibility index (Phi) is 6.43. The minimum absolute atomic E-state index is 0.569. The van der Waals surface area contributed by atoms with E-state index >= 15 is 0 Å². The Morgan fingerprint density at radius 2 is 1.31 bits per heavy atom. The van der Waals surface area contributed by atoms with Crippen molar-refractivity contribution in [3.8, 4) is 5.95 Å². The number of hydrogen-bond acceptors (Lipinski definition) is 6. The molecule has 0 aromatic carbocycles. The van der Waals surface area contributed by atoms with Crippen LogP contribution in [0, 0.1) is 0 Å². The van der Waals surface area contributed by atoms with Crippen molar-refractivity contribution in [1.29, 1.82) is 0 Å². The molecule has 2 rings (SSSR count). The predicted molar refractivity (Wildman–Crippen MR) is 93.1 cm³/mol. The third-order valence-corrected chi connectivity index (χ3v) is 3.93. The second-order valence-corrected chi connectivity index (χ2v) is 7.10. The third kappa shape index (κ3) is 6.23. The molecule has 0 bridgehead atoms. The summed E-state index contributed by atoms with van der Waals surface area (Å²) in [7, 11) is 0. The summed E-state index contributed by atoms with van der Waals surface area (Å²) in [6, 6.07) is -3.41. The van der Waals surface area contributed by atoms with Crippen molar-refractivity contribution in [2.24, 2.45) is 0 Å². The van der Waals surface area contributed by atoms with Gasteiger partial charge in [0.15, 0.2) is 0 Å². The zero-order chi connectivity index (χ0) is 22.2. The number of halogens is 9. The Bertz CT molecular complexity index is 805. The summed E-state index contributed by atoms with van der Waals surface area (Å²) in [4.78, 5) is 10.7. The molecule has 7 nitrogen and oxygen atoms in total. The number of nitrogens with one attached hydrogen (secondary N) is 2. The minimum Gasteiger partial charge on any atom is -0.343 e. The maximum atomic E-state index is 13.3. The highest BCUT2D eigenvalue weighted by molar-refractivity contribution is 14.1. The van der Waals surface area contributed by atoms with Gasteiger partial charge in [0.05, 0.1) is 0 Å². The molecule has 2 atom stereocenters. The molecule has 0 aliphatic carbocycles. The van der Waals surface area contributed by atoms with Crippen LogP contribution in [0.5, 0.6) is 0 Å². The fraction of sp³-hybridized carbons (Fsp3) is 0.538. The highest BCUT2D eigenvalue weighted by atomic mass is 127. The third-order valence-electron chi connectivity index (χ3n) is 3.38. The lowest BCUT2D eigenvalue weighted by molar-refractivity contribution is -0.139. The molecular formula is C13H12F8IN7. The maximum Gasteiger partial charge on any atom is 0.408 e. The van der Waals surface area contributed by atoms with Crippen LogP contribution >= 0.6 is 22.6 Å². The van der Waals surface area contributed by atoms with Crippen LogP contribution in [0.1, 0.15) is 19.5 Å². The molecule has 2 unspecified atom stereocenters. The molecule has 0 radical (unpaired) electrons. The first-order valence-electron chi connectivity index (χ1n) is 7.63. The van der Waals surface area contributed by atoms with E-state index in [0.717, 1.165) is 48.7 Å². The molecule has 162 valence electrons. The monoisotopic (exact) mass is 545 g/mol. The minimum atomic E-state index is -4.71. The van der Waals surface area contributed by atoms with Gasteiger partial charge >= 0.3 is 16.3 Å². The number of rotatable bonds is 6. The molecule has 2 aromatic heterocycles. The zero-order valence-corrected chi connectivity index (χ0v) is 16.6. The smallest absolute Gasteiger partial charge is 0.343 e. The molecule has 29 heavy (non-hydrogen) atoms. The summed E-state index contributed by atoms with van der Waals surface area (Å²) in [5.74, 6) is -2.02. The standard InChI is InChI=1S/C13H12F8IN7/c1-5(11(14,15)16)23-8-25-9(24-6(2)12(17,18)19)27-10(26-8)29-4-3-7(28-29)13(20,21)22/h3-6H,1-2H3,(H2,23,24,25,26,27). The van der Waals surface area contributed by atoms with E-state index in [1.807, 2.05) is 10.6 Å². The topological polar surface area (TPSA) is 80.5 Å². The van der Waals surface area contributed by atoms with Crippen molar-refractivity contribution in [3.63, 3.8) is 0 Å². The van der Waals surface area contributed by atoms with E-state index in [9.17, 15) is 35.1 Å². The fourth-order valence-corrected chi connectivity index (χ4v) is 2.02. The van der Waals surface area contributed by atoms with E-state index in [-0.39, 0.29) is 0 Å². The van der Waals surface area contributed by atoms with Gasteiger partial charge in [-0.2, -0.15) is 55.2 Å². The van der Waals surface area contributed by atoms with Crippen LogP contribution < -0.4 is 10.6 Å². The van der Waals surface area contributed by atoms with Crippen molar-refractivity contribution in [1.82, 2.24) is 24.7 Å². The molecule has 2 aromatic rings. The number of anilines is 2. The lowest BCUT2D eigenvalue weighted by atomic mass is 10.3. The summed E-state index contributed by atoms with van der Waals surface area (Å²) >= 11 is 0.801. The molecule has 0 saturated heterocycles. The SMILES string of the molecule is CC(Nc1nc(NC(C)C(F)(F)F)nc(-n2ccc(C(F)(F)I)n2)n1)C(F)(F)F. The second-order valence-electron chi connectivity index (χ2n) is 5.74. The Morgan fingerprint density at radius 1 is 0.862 bits per heavy atom. The van der Waals surface area contributed by atoms with Crippen LogP contribution in [0.4, 0.5) is 47.0 Å². The Labute approximate surface area is 171 Å². The van der Waals surface area contributed by atoms with Crippen LogP contribution in [-0.2, 0) is 3.93 Å².